The van der Waals surface area contributed by atoms with Crippen LogP contribution < -0.4 is 9.54 Å². The molecule has 0 radical (unpaired) electrons. The van der Waals surface area contributed by atoms with Crippen LogP contribution in [0.25, 0.3) is 10.2 Å². The molecule has 1 amide bonds. The summed E-state index contributed by atoms with van der Waals surface area (Å²) in [4.78, 5) is 41.0. The smallest absolute Gasteiger partial charge is 0.338 e. The number of carbonyl (C=O) groups excluding carboxylic acids is 3. The van der Waals surface area contributed by atoms with Crippen molar-refractivity contribution in [2.24, 2.45) is 4.99 Å². The van der Waals surface area contributed by atoms with E-state index >= 15 is 0 Å². The van der Waals surface area contributed by atoms with Crippen molar-refractivity contribution in [3.8, 4) is 5.75 Å². The minimum Gasteiger partial charge on any atom is -0.484 e. The van der Waals surface area contributed by atoms with Crippen LogP contribution in [0.15, 0.2) is 47.5 Å². The molecule has 0 unspecified atom stereocenters. The number of rotatable bonds is 8. The van der Waals surface area contributed by atoms with Gasteiger partial charge in [-0.05, 0) is 48.7 Å². The molecule has 3 rings (SSSR count). The van der Waals surface area contributed by atoms with Gasteiger partial charge in [-0.25, -0.2) is 4.79 Å². The zero-order valence-corrected chi connectivity index (χ0v) is 19.8. The molecular weight excluding hydrogens is 444 g/mol. The molecular formula is C24H26N2O6S. The van der Waals surface area contributed by atoms with E-state index in [2.05, 4.69) is 18.8 Å². The standard InChI is InChI=1S/C24H26N2O6S/c1-5-31-23(29)17-8-11-19-20(12-17)33-24(26(19)13-22(28)30-4)25-21(27)14-32-18-9-6-16(7-10-18)15(2)3/h6-12,15H,5,13-14H2,1-4H3. The van der Waals surface area contributed by atoms with Gasteiger partial charge in [0, 0.05) is 0 Å². The van der Waals surface area contributed by atoms with Crippen LogP contribution in [-0.4, -0.2) is 42.7 Å². The Bertz CT molecular complexity index is 1220. The number of carbonyl (C=O) groups is 3. The highest BCUT2D eigenvalue weighted by atomic mass is 32.1. The lowest BCUT2D eigenvalue weighted by Crippen LogP contribution is -2.23. The summed E-state index contributed by atoms with van der Waals surface area (Å²) >= 11 is 1.19. The van der Waals surface area contributed by atoms with E-state index in [1.54, 1.807) is 29.7 Å². The summed E-state index contributed by atoms with van der Waals surface area (Å²) in [5.74, 6) is -0.462. The lowest BCUT2D eigenvalue weighted by molar-refractivity contribution is -0.141. The third kappa shape index (κ3) is 6.07. The minimum absolute atomic E-state index is 0.126. The van der Waals surface area contributed by atoms with Crippen molar-refractivity contribution in [1.29, 1.82) is 0 Å². The highest BCUT2D eigenvalue weighted by Gasteiger charge is 2.15. The second-order valence-corrected chi connectivity index (χ2v) is 8.48. The maximum Gasteiger partial charge on any atom is 0.338 e. The largest absolute Gasteiger partial charge is 0.484 e. The van der Waals surface area contributed by atoms with Gasteiger partial charge in [0.25, 0.3) is 5.91 Å². The number of nitrogens with zero attached hydrogens (tertiary/aromatic N) is 2. The minimum atomic E-state index is -0.501. The summed E-state index contributed by atoms with van der Waals surface area (Å²) in [7, 11) is 1.29. The Hall–Kier alpha value is -3.46. The number of methoxy groups -OCH3 is 1. The molecule has 8 nitrogen and oxygen atoms in total. The quantitative estimate of drug-likeness (QED) is 0.466. The zero-order chi connectivity index (χ0) is 24.0. The van der Waals surface area contributed by atoms with Crippen LogP contribution in [0.3, 0.4) is 0 Å². The Morgan fingerprint density at radius 1 is 1.09 bits per heavy atom. The Morgan fingerprint density at radius 2 is 1.82 bits per heavy atom. The molecule has 1 heterocycles. The molecule has 0 spiro atoms. The highest BCUT2D eigenvalue weighted by molar-refractivity contribution is 7.16. The predicted molar refractivity (Wildman–Crippen MR) is 124 cm³/mol. The van der Waals surface area contributed by atoms with Crippen LogP contribution in [0.2, 0.25) is 0 Å². The van der Waals surface area contributed by atoms with Gasteiger partial charge >= 0.3 is 11.9 Å². The van der Waals surface area contributed by atoms with Crippen LogP contribution >= 0.6 is 11.3 Å². The van der Waals surface area contributed by atoms with E-state index in [0.29, 0.717) is 32.2 Å². The van der Waals surface area contributed by atoms with Crippen molar-refractivity contribution in [2.75, 3.05) is 20.3 Å². The van der Waals surface area contributed by atoms with Gasteiger partial charge in [0.2, 0.25) is 0 Å². The van der Waals surface area contributed by atoms with Crippen molar-refractivity contribution in [3.05, 3.63) is 58.4 Å². The van der Waals surface area contributed by atoms with Crippen LogP contribution in [0.5, 0.6) is 5.75 Å². The molecule has 174 valence electrons. The second kappa shape index (κ2) is 10.9. The summed E-state index contributed by atoms with van der Waals surface area (Å²) in [6, 6.07) is 12.5. The number of ether oxygens (including phenoxy) is 3. The number of amides is 1. The Kier molecular flexibility index (Phi) is 8.00. The summed E-state index contributed by atoms with van der Waals surface area (Å²) < 4.78 is 17.7. The van der Waals surface area contributed by atoms with Gasteiger partial charge < -0.3 is 18.8 Å². The first-order valence-corrected chi connectivity index (χ1v) is 11.3. The molecule has 0 atom stereocenters. The van der Waals surface area contributed by atoms with E-state index in [-0.39, 0.29) is 19.8 Å². The average molecular weight is 471 g/mol. The van der Waals surface area contributed by atoms with E-state index in [1.807, 2.05) is 24.3 Å². The van der Waals surface area contributed by atoms with Crippen molar-refractivity contribution >= 4 is 39.4 Å². The monoisotopic (exact) mass is 470 g/mol. The number of fused-ring (bicyclic) bond motifs is 1. The molecule has 3 aromatic rings. The molecule has 9 heteroatoms. The first-order valence-electron chi connectivity index (χ1n) is 10.5. The van der Waals surface area contributed by atoms with Crippen molar-refractivity contribution in [1.82, 2.24) is 4.57 Å². The Labute approximate surface area is 195 Å². The maximum atomic E-state index is 12.5. The van der Waals surface area contributed by atoms with Gasteiger partial charge in [-0.1, -0.05) is 37.3 Å². The molecule has 0 aliphatic heterocycles. The van der Waals surface area contributed by atoms with E-state index in [0.717, 1.165) is 0 Å². The molecule has 0 saturated heterocycles. The van der Waals surface area contributed by atoms with E-state index < -0.39 is 17.8 Å². The number of thiazole rings is 1. The van der Waals surface area contributed by atoms with Crippen LogP contribution in [0, 0.1) is 0 Å². The van der Waals surface area contributed by atoms with Gasteiger partial charge in [0.15, 0.2) is 11.4 Å². The molecule has 33 heavy (non-hydrogen) atoms. The van der Waals surface area contributed by atoms with E-state index in [9.17, 15) is 14.4 Å². The molecule has 2 aromatic carbocycles. The molecule has 0 aliphatic carbocycles. The third-order valence-electron chi connectivity index (χ3n) is 4.84. The van der Waals surface area contributed by atoms with Crippen molar-refractivity contribution < 1.29 is 28.6 Å². The van der Waals surface area contributed by atoms with Gasteiger partial charge in [0.05, 0.1) is 29.5 Å². The van der Waals surface area contributed by atoms with Crippen LogP contribution in [0.4, 0.5) is 0 Å². The van der Waals surface area contributed by atoms with Gasteiger partial charge in [-0.3, -0.25) is 9.59 Å². The first-order chi connectivity index (χ1) is 15.8. The van der Waals surface area contributed by atoms with Crippen LogP contribution in [0.1, 0.15) is 42.6 Å². The number of esters is 2. The molecule has 0 aliphatic rings. The fourth-order valence-electron chi connectivity index (χ4n) is 3.08. The maximum absolute atomic E-state index is 12.5. The van der Waals surface area contributed by atoms with Gasteiger partial charge in [0.1, 0.15) is 12.3 Å². The summed E-state index contributed by atoms with van der Waals surface area (Å²) in [5.41, 5.74) is 2.20. The average Bonchev–Trinajstić information content (AvgIpc) is 3.13. The number of hydrogen-bond acceptors (Lipinski definition) is 7. The lowest BCUT2D eigenvalue weighted by atomic mass is 10.0. The summed E-state index contributed by atoms with van der Waals surface area (Å²) in [6.45, 7) is 5.82. The third-order valence-corrected chi connectivity index (χ3v) is 5.88. The van der Waals surface area contributed by atoms with Crippen LogP contribution in [-0.2, 0) is 25.6 Å². The van der Waals surface area contributed by atoms with E-state index in [4.69, 9.17) is 14.2 Å². The van der Waals surface area contributed by atoms with Crippen molar-refractivity contribution in [3.63, 3.8) is 0 Å². The molecule has 0 saturated carbocycles. The van der Waals surface area contributed by atoms with Gasteiger partial charge in [-0.2, -0.15) is 4.99 Å². The molecule has 0 N–H and O–H groups in total. The fraction of sp³-hybridized carbons (Fsp3) is 0.333. The Morgan fingerprint density at radius 3 is 2.45 bits per heavy atom. The number of aromatic nitrogens is 1. The predicted octanol–water partition coefficient (Wildman–Crippen LogP) is 3.68. The van der Waals surface area contributed by atoms with Gasteiger partial charge in [-0.15, -0.1) is 0 Å². The first kappa shape index (κ1) is 24.2. The second-order valence-electron chi connectivity index (χ2n) is 7.47. The normalized spacial score (nSPS) is 11.6. The number of hydrogen-bond donors (Lipinski definition) is 0. The summed E-state index contributed by atoms with van der Waals surface area (Å²) in [6.07, 6.45) is 0. The number of benzene rings is 2. The molecule has 0 bridgehead atoms. The van der Waals surface area contributed by atoms with E-state index in [1.165, 1.54) is 24.0 Å². The Balaban J connectivity index is 1.88. The highest BCUT2D eigenvalue weighted by Crippen LogP contribution is 2.21. The fourth-order valence-corrected chi connectivity index (χ4v) is 4.17. The zero-order valence-electron chi connectivity index (χ0n) is 19.0. The summed E-state index contributed by atoms with van der Waals surface area (Å²) in [5, 5.41) is 0. The lowest BCUT2D eigenvalue weighted by Gasteiger charge is -2.07. The molecule has 1 aromatic heterocycles. The topological polar surface area (TPSA) is 96.2 Å². The SMILES string of the molecule is CCOC(=O)c1ccc2c(c1)sc(=NC(=O)COc1ccc(C(C)C)cc1)n2CC(=O)OC. The van der Waals surface area contributed by atoms with Crippen molar-refractivity contribution in [2.45, 2.75) is 33.2 Å². The molecule has 0 fully saturated rings.